The first-order valence-electron chi connectivity index (χ1n) is 8.88. The fraction of sp³-hybridized carbons (Fsp3) is 0.632. The van der Waals surface area contributed by atoms with Gasteiger partial charge in [-0.15, -0.1) is 0 Å². The number of carbonyl (C=O) groups is 1. The summed E-state index contributed by atoms with van der Waals surface area (Å²) < 4.78 is 0. The van der Waals surface area contributed by atoms with Gasteiger partial charge in [0.05, 0.1) is 6.54 Å². The van der Waals surface area contributed by atoms with Crippen LogP contribution in [0.25, 0.3) is 0 Å². The maximum atomic E-state index is 12.2. The summed E-state index contributed by atoms with van der Waals surface area (Å²) in [4.78, 5) is 16.9. The molecule has 1 atom stereocenters. The molecule has 2 aliphatic rings. The topological polar surface area (TPSA) is 35.6 Å². The number of nitrogens with one attached hydrogen (secondary N) is 1. The van der Waals surface area contributed by atoms with Crippen molar-refractivity contribution in [3.05, 3.63) is 35.4 Å². The van der Waals surface area contributed by atoms with Crippen LogP contribution in [-0.4, -0.2) is 48.4 Å². The zero-order valence-corrected chi connectivity index (χ0v) is 14.4. The van der Waals surface area contributed by atoms with E-state index in [9.17, 15) is 4.79 Å². The lowest BCUT2D eigenvalue weighted by atomic mass is 10.1. The SMILES string of the molecule is CC(C)CN1CCC(CNC(=O)CN2Cc3ccccc3C2)C1. The Morgan fingerprint density at radius 3 is 2.57 bits per heavy atom. The Labute approximate surface area is 139 Å². The Bertz CT molecular complexity index is 518. The van der Waals surface area contributed by atoms with Crippen molar-refractivity contribution in [2.24, 2.45) is 11.8 Å². The molecule has 1 amide bonds. The number of likely N-dealkylation sites (tertiary alicyclic amines) is 1. The number of fused-ring (bicyclic) bond motifs is 1. The van der Waals surface area contributed by atoms with Gasteiger partial charge in [-0.1, -0.05) is 38.1 Å². The van der Waals surface area contributed by atoms with Crippen molar-refractivity contribution in [3.8, 4) is 0 Å². The lowest BCUT2D eigenvalue weighted by molar-refractivity contribution is -0.122. The van der Waals surface area contributed by atoms with Gasteiger partial charge in [0.2, 0.25) is 5.91 Å². The fourth-order valence-electron chi connectivity index (χ4n) is 3.79. The third-order valence-electron chi connectivity index (χ3n) is 4.85. The van der Waals surface area contributed by atoms with Gasteiger partial charge in [0.25, 0.3) is 0 Å². The highest BCUT2D eigenvalue weighted by Gasteiger charge is 2.24. The lowest BCUT2D eigenvalue weighted by Crippen LogP contribution is -2.37. The minimum atomic E-state index is 0.167. The highest BCUT2D eigenvalue weighted by atomic mass is 16.2. The van der Waals surface area contributed by atoms with Crippen molar-refractivity contribution in [1.29, 1.82) is 0 Å². The predicted octanol–water partition coefficient (Wildman–Crippen LogP) is 2.10. The van der Waals surface area contributed by atoms with Gasteiger partial charge in [0, 0.05) is 32.7 Å². The molecule has 2 aliphatic heterocycles. The molecule has 4 nitrogen and oxygen atoms in total. The minimum Gasteiger partial charge on any atom is -0.355 e. The molecule has 1 N–H and O–H groups in total. The lowest BCUT2D eigenvalue weighted by Gasteiger charge is -2.19. The number of hydrogen-bond donors (Lipinski definition) is 1. The molecule has 2 heterocycles. The Morgan fingerprint density at radius 2 is 1.91 bits per heavy atom. The van der Waals surface area contributed by atoms with E-state index >= 15 is 0 Å². The molecule has 1 fully saturated rings. The van der Waals surface area contributed by atoms with E-state index in [-0.39, 0.29) is 5.91 Å². The molecule has 1 aromatic rings. The third kappa shape index (κ3) is 4.55. The van der Waals surface area contributed by atoms with Crippen LogP contribution >= 0.6 is 0 Å². The van der Waals surface area contributed by atoms with E-state index in [4.69, 9.17) is 0 Å². The highest BCUT2D eigenvalue weighted by Crippen LogP contribution is 2.21. The molecule has 4 heteroatoms. The first kappa shape index (κ1) is 16.5. The average molecular weight is 315 g/mol. The van der Waals surface area contributed by atoms with Gasteiger partial charge in [0.15, 0.2) is 0 Å². The number of rotatable bonds is 6. The molecule has 0 bridgehead atoms. The second kappa shape index (κ2) is 7.45. The molecule has 0 aromatic heterocycles. The molecule has 126 valence electrons. The standard InChI is InChI=1S/C19H29N3O/c1-15(2)10-21-8-7-16(11-21)9-20-19(23)14-22-12-17-5-3-4-6-18(17)13-22/h3-6,15-16H,7-14H2,1-2H3,(H,20,23). The number of nitrogens with zero attached hydrogens (tertiary/aromatic N) is 2. The minimum absolute atomic E-state index is 0.167. The summed E-state index contributed by atoms with van der Waals surface area (Å²) in [6.45, 7) is 11.2. The molecule has 1 aromatic carbocycles. The average Bonchev–Trinajstić information content (AvgIpc) is 3.10. The van der Waals surface area contributed by atoms with Gasteiger partial charge in [-0.05, 0) is 35.9 Å². The van der Waals surface area contributed by atoms with Crippen LogP contribution in [0.2, 0.25) is 0 Å². The molecule has 0 saturated carbocycles. The maximum Gasteiger partial charge on any atom is 0.234 e. The van der Waals surface area contributed by atoms with E-state index in [2.05, 4.69) is 53.2 Å². The molecule has 0 aliphatic carbocycles. The summed E-state index contributed by atoms with van der Waals surface area (Å²) in [6.07, 6.45) is 1.21. The van der Waals surface area contributed by atoms with E-state index in [0.717, 1.165) is 32.1 Å². The zero-order chi connectivity index (χ0) is 16.2. The first-order valence-corrected chi connectivity index (χ1v) is 8.88. The quantitative estimate of drug-likeness (QED) is 0.873. The van der Waals surface area contributed by atoms with Gasteiger partial charge >= 0.3 is 0 Å². The molecule has 1 saturated heterocycles. The van der Waals surface area contributed by atoms with Crippen LogP contribution in [0.4, 0.5) is 0 Å². The molecule has 0 radical (unpaired) electrons. The van der Waals surface area contributed by atoms with Gasteiger partial charge < -0.3 is 10.2 Å². The van der Waals surface area contributed by atoms with E-state index in [0.29, 0.717) is 12.5 Å². The second-order valence-corrected chi connectivity index (χ2v) is 7.53. The highest BCUT2D eigenvalue weighted by molar-refractivity contribution is 5.78. The molecule has 23 heavy (non-hydrogen) atoms. The van der Waals surface area contributed by atoms with E-state index in [1.54, 1.807) is 0 Å². The molecular weight excluding hydrogens is 286 g/mol. The van der Waals surface area contributed by atoms with E-state index in [1.165, 1.54) is 30.6 Å². The Balaban J connectivity index is 1.37. The maximum absolute atomic E-state index is 12.2. The van der Waals surface area contributed by atoms with Crippen LogP contribution in [0.3, 0.4) is 0 Å². The number of amides is 1. The first-order chi connectivity index (χ1) is 11.1. The van der Waals surface area contributed by atoms with Crippen LogP contribution in [0.15, 0.2) is 24.3 Å². The zero-order valence-electron chi connectivity index (χ0n) is 14.4. The normalized spacial score (nSPS) is 21.8. The Hall–Kier alpha value is -1.39. The number of hydrogen-bond acceptors (Lipinski definition) is 3. The van der Waals surface area contributed by atoms with Gasteiger partial charge in [-0.25, -0.2) is 0 Å². The van der Waals surface area contributed by atoms with Gasteiger partial charge in [-0.2, -0.15) is 0 Å². The van der Waals surface area contributed by atoms with E-state index < -0.39 is 0 Å². The van der Waals surface area contributed by atoms with Crippen molar-refractivity contribution in [2.75, 3.05) is 32.7 Å². The summed E-state index contributed by atoms with van der Waals surface area (Å²) in [6, 6.07) is 8.47. The van der Waals surface area contributed by atoms with Crippen LogP contribution < -0.4 is 5.32 Å². The number of benzene rings is 1. The third-order valence-corrected chi connectivity index (χ3v) is 4.85. The largest absolute Gasteiger partial charge is 0.355 e. The van der Waals surface area contributed by atoms with Crippen molar-refractivity contribution < 1.29 is 4.79 Å². The summed E-state index contributed by atoms with van der Waals surface area (Å²) in [7, 11) is 0. The Morgan fingerprint density at radius 1 is 1.22 bits per heavy atom. The molecular formula is C19H29N3O. The molecule has 0 spiro atoms. The van der Waals surface area contributed by atoms with E-state index in [1.807, 2.05) is 0 Å². The van der Waals surface area contributed by atoms with Crippen molar-refractivity contribution >= 4 is 5.91 Å². The second-order valence-electron chi connectivity index (χ2n) is 7.53. The van der Waals surface area contributed by atoms with Crippen LogP contribution in [0.5, 0.6) is 0 Å². The number of carbonyl (C=O) groups excluding carboxylic acids is 1. The summed E-state index contributed by atoms with van der Waals surface area (Å²) in [5.41, 5.74) is 2.72. The van der Waals surface area contributed by atoms with Crippen molar-refractivity contribution in [3.63, 3.8) is 0 Å². The molecule has 3 rings (SSSR count). The van der Waals surface area contributed by atoms with Crippen LogP contribution in [0, 0.1) is 11.8 Å². The van der Waals surface area contributed by atoms with Crippen LogP contribution in [-0.2, 0) is 17.9 Å². The smallest absolute Gasteiger partial charge is 0.234 e. The summed E-state index contributed by atoms with van der Waals surface area (Å²) >= 11 is 0. The molecule has 1 unspecified atom stereocenters. The fourth-order valence-corrected chi connectivity index (χ4v) is 3.79. The monoisotopic (exact) mass is 315 g/mol. The van der Waals surface area contributed by atoms with Gasteiger partial charge in [0.1, 0.15) is 0 Å². The van der Waals surface area contributed by atoms with Crippen molar-refractivity contribution in [1.82, 2.24) is 15.1 Å². The Kier molecular flexibility index (Phi) is 5.34. The van der Waals surface area contributed by atoms with Gasteiger partial charge in [-0.3, -0.25) is 9.69 Å². The predicted molar refractivity (Wildman–Crippen MR) is 93.0 cm³/mol. The van der Waals surface area contributed by atoms with Crippen molar-refractivity contribution in [2.45, 2.75) is 33.4 Å². The van der Waals surface area contributed by atoms with Crippen LogP contribution in [0.1, 0.15) is 31.4 Å². The summed E-state index contributed by atoms with van der Waals surface area (Å²) in [5, 5.41) is 3.14. The summed E-state index contributed by atoms with van der Waals surface area (Å²) in [5.74, 6) is 1.51.